The van der Waals surface area contributed by atoms with E-state index in [0.29, 0.717) is 43.9 Å². The lowest BCUT2D eigenvalue weighted by atomic mass is 9.85. The molecule has 8 heteroatoms. The number of carbonyl (C=O) groups is 2. The number of ether oxygens (including phenoxy) is 1. The van der Waals surface area contributed by atoms with E-state index >= 15 is 0 Å². The van der Waals surface area contributed by atoms with E-state index < -0.39 is 11.4 Å². The molecule has 2 bridgehead atoms. The highest BCUT2D eigenvalue weighted by Crippen LogP contribution is 2.86. The normalized spacial score (nSPS) is 27.8. The number of hydrogen-bond donors (Lipinski definition) is 0. The highest BCUT2D eigenvalue weighted by Gasteiger charge is 2.88. The summed E-state index contributed by atoms with van der Waals surface area (Å²) < 4.78 is 35.1. The summed E-state index contributed by atoms with van der Waals surface area (Å²) >= 11 is 0. The maximum Gasteiger partial charge on any atom is 0.321 e. The van der Waals surface area contributed by atoms with Gasteiger partial charge in [-0.25, -0.2) is 0 Å². The van der Waals surface area contributed by atoms with Gasteiger partial charge in [0.2, 0.25) is 0 Å². The fourth-order valence-corrected chi connectivity index (χ4v) is 6.63. The number of alkyl halides is 2. The summed E-state index contributed by atoms with van der Waals surface area (Å²) in [6.07, 6.45) is 4.53. The van der Waals surface area contributed by atoms with E-state index in [1.807, 2.05) is 31.3 Å². The zero-order chi connectivity index (χ0) is 25.7. The van der Waals surface area contributed by atoms with Crippen molar-refractivity contribution in [1.82, 2.24) is 9.47 Å². The molecule has 4 aliphatic rings. The van der Waals surface area contributed by atoms with E-state index in [1.54, 1.807) is 10.6 Å². The van der Waals surface area contributed by atoms with Crippen LogP contribution in [0.1, 0.15) is 59.1 Å². The zero-order valence-corrected chi connectivity index (χ0v) is 22.2. The van der Waals surface area contributed by atoms with Gasteiger partial charge in [-0.2, -0.15) is 8.78 Å². The molecule has 2 fully saturated rings. The van der Waals surface area contributed by atoms with E-state index in [9.17, 15) is 18.4 Å². The first kappa shape index (κ1) is 25.5. The molecule has 2 aliphatic carbocycles. The van der Waals surface area contributed by atoms with Crippen molar-refractivity contribution in [2.24, 2.45) is 23.2 Å². The monoisotopic (exact) mass is 516 g/mol. The number of hydrogen-bond acceptors (Lipinski definition) is 4. The summed E-state index contributed by atoms with van der Waals surface area (Å²) in [5.41, 5.74) is -2.08. The van der Waals surface area contributed by atoms with Crippen LogP contribution in [0.5, 0.6) is 5.75 Å². The molecule has 0 saturated heterocycles. The van der Waals surface area contributed by atoms with Gasteiger partial charge in [-0.3, -0.25) is 9.59 Å². The van der Waals surface area contributed by atoms with Crippen molar-refractivity contribution in [3.8, 4) is 5.75 Å². The minimum absolute atomic E-state index is 0.0568. The SMILES string of the molecule is CCCCOc1ccc(C(=O)[C@]23C4CCc5ccc(C(=O)C(F)(F)P)n5CCN(C)CCC2C43)cc1. The van der Waals surface area contributed by atoms with Crippen molar-refractivity contribution in [3.63, 3.8) is 0 Å². The summed E-state index contributed by atoms with van der Waals surface area (Å²) in [5.74, 6) is 0.981. The highest BCUT2D eigenvalue weighted by atomic mass is 31.0. The largest absolute Gasteiger partial charge is 0.494 e. The van der Waals surface area contributed by atoms with Crippen LogP contribution in [0.3, 0.4) is 0 Å². The molecule has 0 radical (unpaired) electrons. The van der Waals surface area contributed by atoms with E-state index in [4.69, 9.17) is 4.74 Å². The predicted octanol–water partition coefficient (Wildman–Crippen LogP) is 5.33. The second-order valence-corrected chi connectivity index (χ2v) is 11.4. The number of aromatic nitrogens is 1. The maximum atomic E-state index is 13.8. The van der Waals surface area contributed by atoms with E-state index in [-0.39, 0.29) is 16.9 Å². The quantitative estimate of drug-likeness (QED) is 0.270. The molecule has 2 saturated carbocycles. The molecule has 0 N–H and O–H groups in total. The summed E-state index contributed by atoms with van der Waals surface area (Å²) in [6, 6.07) is 10.9. The number of Topliss-reactive ketones (excluding diaryl/α,β-unsaturated/α-hetero) is 2. The lowest BCUT2D eigenvalue weighted by Crippen LogP contribution is -2.31. The fourth-order valence-electron chi connectivity index (χ4n) is 6.48. The van der Waals surface area contributed by atoms with Crippen molar-refractivity contribution in [2.75, 3.05) is 26.7 Å². The van der Waals surface area contributed by atoms with E-state index in [0.717, 1.165) is 49.2 Å². The van der Waals surface area contributed by atoms with Gasteiger partial charge >= 0.3 is 5.66 Å². The van der Waals surface area contributed by atoms with Gasteiger partial charge in [0.25, 0.3) is 5.78 Å². The third kappa shape index (κ3) is 4.43. The molecule has 6 rings (SSSR count). The standard InChI is InChI=1S/C28H35F2N2O3P/c1-3-4-17-35-20-9-5-18(6-10-20)25(33)27-21-11-7-19-8-12-23(26(34)28(29,30)36)32(19)16-15-31(2)14-13-22(27)24(21)27/h5-6,8-10,12,21-22,24H,3-4,7,11,13-17,36H2,1-2H3/t21?,22?,24?,27-/m1/s1. The average Bonchev–Trinajstić information content (AvgIpc) is 3.65. The van der Waals surface area contributed by atoms with Crippen LogP contribution in [0.2, 0.25) is 0 Å². The Morgan fingerprint density at radius 3 is 2.50 bits per heavy atom. The molecule has 36 heavy (non-hydrogen) atoms. The third-order valence-electron chi connectivity index (χ3n) is 8.55. The van der Waals surface area contributed by atoms with Gasteiger partial charge in [0.1, 0.15) is 5.75 Å². The smallest absolute Gasteiger partial charge is 0.321 e. The molecule has 0 amide bonds. The highest BCUT2D eigenvalue weighted by molar-refractivity contribution is 7.20. The van der Waals surface area contributed by atoms with Crippen molar-refractivity contribution >= 4 is 20.8 Å². The Morgan fingerprint density at radius 2 is 1.81 bits per heavy atom. The minimum atomic E-state index is -3.48. The van der Waals surface area contributed by atoms with Crippen LogP contribution in [0.4, 0.5) is 8.78 Å². The Hall–Kier alpha value is -2.11. The van der Waals surface area contributed by atoms with Crippen LogP contribution < -0.4 is 4.74 Å². The van der Waals surface area contributed by atoms with Crippen molar-refractivity contribution < 1.29 is 23.1 Å². The Balaban J connectivity index is 1.34. The molecule has 0 spiro atoms. The molecular formula is C28H35F2N2O3P. The molecule has 2 aromatic rings. The lowest BCUT2D eigenvalue weighted by molar-refractivity contribution is 0.0551. The lowest BCUT2D eigenvalue weighted by Gasteiger charge is -2.25. The van der Waals surface area contributed by atoms with Crippen molar-refractivity contribution in [1.29, 1.82) is 0 Å². The van der Waals surface area contributed by atoms with Gasteiger partial charge in [-0.15, -0.1) is 0 Å². The van der Waals surface area contributed by atoms with Crippen LogP contribution in [0.25, 0.3) is 0 Å². The van der Waals surface area contributed by atoms with Gasteiger partial charge in [0, 0.05) is 29.8 Å². The zero-order valence-electron chi connectivity index (χ0n) is 21.0. The number of aryl methyl sites for hydroxylation is 1. The predicted molar refractivity (Wildman–Crippen MR) is 138 cm³/mol. The first-order valence-electron chi connectivity index (χ1n) is 13.1. The number of fused-ring (bicyclic) bond motifs is 5. The number of halogens is 2. The number of nitrogens with zero attached hydrogens (tertiary/aromatic N) is 2. The number of rotatable bonds is 8. The Bertz CT molecular complexity index is 1140. The molecule has 194 valence electrons. The third-order valence-corrected chi connectivity index (χ3v) is 8.81. The molecular weight excluding hydrogens is 481 g/mol. The number of likely N-dealkylation sites (N-methyl/N-ethyl adjacent to an activating group) is 1. The van der Waals surface area contributed by atoms with E-state index in [1.165, 1.54) is 15.3 Å². The Labute approximate surface area is 213 Å². The van der Waals surface area contributed by atoms with Gasteiger partial charge < -0.3 is 14.2 Å². The molecule has 3 heterocycles. The topological polar surface area (TPSA) is 51.5 Å². The van der Waals surface area contributed by atoms with Crippen molar-refractivity contribution in [2.45, 2.75) is 51.2 Å². The van der Waals surface area contributed by atoms with Gasteiger partial charge in [0.05, 0.1) is 12.3 Å². The average molecular weight is 517 g/mol. The minimum Gasteiger partial charge on any atom is -0.494 e. The summed E-state index contributed by atoms with van der Waals surface area (Å²) in [6.45, 7) is 4.80. The molecule has 2 aliphatic heterocycles. The van der Waals surface area contributed by atoms with Crippen LogP contribution in [-0.4, -0.2) is 53.4 Å². The fraction of sp³-hybridized carbons (Fsp3) is 0.571. The second kappa shape index (κ2) is 9.64. The summed E-state index contributed by atoms with van der Waals surface area (Å²) in [5, 5.41) is 0. The molecule has 5 atom stereocenters. The molecule has 1 aromatic heterocycles. The Kier molecular flexibility index (Phi) is 6.84. The van der Waals surface area contributed by atoms with Crippen LogP contribution in [-0.2, 0) is 13.0 Å². The van der Waals surface area contributed by atoms with E-state index in [2.05, 4.69) is 11.8 Å². The number of benzene rings is 1. The maximum absolute atomic E-state index is 13.8. The second-order valence-electron chi connectivity index (χ2n) is 10.7. The van der Waals surface area contributed by atoms with Crippen LogP contribution in [0, 0.1) is 23.2 Å². The number of ketones is 2. The number of unbranched alkanes of at least 4 members (excludes halogenated alkanes) is 1. The molecule has 4 unspecified atom stereocenters. The summed E-state index contributed by atoms with van der Waals surface area (Å²) in [7, 11) is 3.37. The van der Waals surface area contributed by atoms with Gasteiger partial charge in [0.15, 0.2) is 5.78 Å². The first-order valence-corrected chi connectivity index (χ1v) is 13.6. The summed E-state index contributed by atoms with van der Waals surface area (Å²) in [4.78, 5) is 28.3. The van der Waals surface area contributed by atoms with Crippen LogP contribution >= 0.6 is 9.24 Å². The van der Waals surface area contributed by atoms with Crippen LogP contribution in [0.15, 0.2) is 36.4 Å². The molecule has 5 nitrogen and oxygen atoms in total. The number of carbonyl (C=O) groups excluding carboxylic acids is 2. The van der Waals surface area contributed by atoms with Gasteiger partial charge in [-0.05, 0) is 93.4 Å². The first-order chi connectivity index (χ1) is 17.2. The van der Waals surface area contributed by atoms with Gasteiger partial charge in [-0.1, -0.05) is 22.6 Å². The Morgan fingerprint density at radius 1 is 1.08 bits per heavy atom. The molecule has 1 aromatic carbocycles. The van der Waals surface area contributed by atoms with Crippen molar-refractivity contribution in [3.05, 3.63) is 53.3 Å².